The summed E-state index contributed by atoms with van der Waals surface area (Å²) in [5.74, 6) is 0. The first-order chi connectivity index (χ1) is 4.83. The summed E-state index contributed by atoms with van der Waals surface area (Å²) >= 11 is 0. The number of hydrogen-bond acceptors (Lipinski definition) is 3. The average molecular weight is 148 g/mol. The normalized spacial score (nSPS) is 8.40. The molecule has 0 aliphatic heterocycles. The van der Waals surface area contributed by atoms with Crippen LogP contribution >= 0.6 is 0 Å². The third-order valence-corrected chi connectivity index (χ3v) is 0.880. The summed E-state index contributed by atoms with van der Waals surface area (Å²) in [5, 5.41) is 0. The van der Waals surface area contributed by atoms with Gasteiger partial charge in [0.05, 0.1) is 6.61 Å². The van der Waals surface area contributed by atoms with Gasteiger partial charge in [-0.15, -0.1) is 0 Å². The standard InChI is InChI=1S/C4H11N.C3H9NO/c1-2-3-4-5;1-5-3-2-4/h2-5H2,1H3;2-4H2,1H3. The van der Waals surface area contributed by atoms with Crippen molar-refractivity contribution in [2.45, 2.75) is 19.8 Å². The van der Waals surface area contributed by atoms with E-state index in [0.29, 0.717) is 13.2 Å². The molecule has 64 valence electrons. The first-order valence-corrected chi connectivity index (χ1v) is 3.72. The van der Waals surface area contributed by atoms with E-state index in [-0.39, 0.29) is 0 Å². The zero-order chi connectivity index (χ0) is 8.24. The van der Waals surface area contributed by atoms with E-state index in [1.807, 2.05) is 0 Å². The van der Waals surface area contributed by atoms with Crippen LogP contribution in [0.2, 0.25) is 0 Å². The fourth-order valence-corrected chi connectivity index (χ4v) is 0.322. The van der Waals surface area contributed by atoms with Gasteiger partial charge in [-0.25, -0.2) is 0 Å². The molecule has 0 aromatic carbocycles. The summed E-state index contributed by atoms with van der Waals surface area (Å²) in [6.45, 7) is 4.26. The van der Waals surface area contributed by atoms with E-state index in [1.165, 1.54) is 12.8 Å². The molecule has 0 saturated carbocycles. The van der Waals surface area contributed by atoms with Crippen molar-refractivity contribution in [3.8, 4) is 0 Å². The Morgan fingerprint density at radius 2 is 1.80 bits per heavy atom. The van der Waals surface area contributed by atoms with Crippen LogP contribution in [0.15, 0.2) is 0 Å². The van der Waals surface area contributed by atoms with Gasteiger partial charge in [0.2, 0.25) is 0 Å². The molecular formula is C7H20N2O. The van der Waals surface area contributed by atoms with Crippen molar-refractivity contribution in [3.63, 3.8) is 0 Å². The molecule has 0 amide bonds. The third-order valence-electron chi connectivity index (χ3n) is 0.880. The lowest BCUT2D eigenvalue weighted by atomic mass is 10.3. The largest absolute Gasteiger partial charge is 0.383 e. The number of methoxy groups -OCH3 is 1. The fraction of sp³-hybridized carbons (Fsp3) is 1.00. The molecule has 0 unspecified atom stereocenters. The molecule has 0 atom stereocenters. The van der Waals surface area contributed by atoms with Gasteiger partial charge in [-0.05, 0) is 13.0 Å². The minimum atomic E-state index is 0.622. The Morgan fingerprint density at radius 3 is 1.80 bits per heavy atom. The maximum absolute atomic E-state index is 5.14. The van der Waals surface area contributed by atoms with E-state index < -0.39 is 0 Å². The van der Waals surface area contributed by atoms with Crippen LogP contribution in [0.4, 0.5) is 0 Å². The average Bonchev–Trinajstić information content (AvgIpc) is 1.93. The van der Waals surface area contributed by atoms with Crippen LogP contribution in [0.25, 0.3) is 0 Å². The van der Waals surface area contributed by atoms with Crippen molar-refractivity contribution in [2.75, 3.05) is 26.8 Å². The summed E-state index contributed by atoms with van der Waals surface area (Å²) in [6, 6.07) is 0. The Labute approximate surface area is 63.7 Å². The van der Waals surface area contributed by atoms with Crippen molar-refractivity contribution in [1.82, 2.24) is 0 Å². The highest BCUT2D eigenvalue weighted by molar-refractivity contribution is 4.29. The van der Waals surface area contributed by atoms with Crippen LogP contribution in [-0.4, -0.2) is 26.8 Å². The first-order valence-electron chi connectivity index (χ1n) is 3.72. The van der Waals surface area contributed by atoms with Crippen LogP contribution in [-0.2, 0) is 4.74 Å². The molecule has 0 fully saturated rings. The molecule has 0 bridgehead atoms. The van der Waals surface area contributed by atoms with E-state index >= 15 is 0 Å². The van der Waals surface area contributed by atoms with E-state index in [9.17, 15) is 0 Å². The van der Waals surface area contributed by atoms with Crippen molar-refractivity contribution < 1.29 is 4.74 Å². The monoisotopic (exact) mass is 148 g/mol. The van der Waals surface area contributed by atoms with Crippen molar-refractivity contribution in [2.24, 2.45) is 11.5 Å². The third kappa shape index (κ3) is 24.8. The highest BCUT2D eigenvalue weighted by Crippen LogP contribution is 1.77. The molecule has 0 spiro atoms. The number of nitrogens with two attached hydrogens (primary N) is 2. The van der Waals surface area contributed by atoms with Crippen LogP contribution < -0.4 is 11.5 Å². The Kier molecular flexibility index (Phi) is 20.0. The zero-order valence-corrected chi connectivity index (χ0v) is 7.10. The Balaban J connectivity index is 0. The molecule has 0 aliphatic rings. The van der Waals surface area contributed by atoms with Crippen LogP contribution in [0.1, 0.15) is 19.8 Å². The molecule has 3 heteroatoms. The highest BCUT2D eigenvalue weighted by atomic mass is 16.5. The van der Waals surface area contributed by atoms with Gasteiger partial charge in [-0.1, -0.05) is 13.3 Å². The van der Waals surface area contributed by atoms with Gasteiger partial charge < -0.3 is 16.2 Å². The van der Waals surface area contributed by atoms with E-state index in [0.717, 1.165) is 6.54 Å². The van der Waals surface area contributed by atoms with Gasteiger partial charge in [-0.2, -0.15) is 0 Å². The number of hydrogen-bond donors (Lipinski definition) is 2. The van der Waals surface area contributed by atoms with E-state index in [4.69, 9.17) is 11.5 Å². The SMILES string of the molecule is CCCCN.COCCN. The van der Waals surface area contributed by atoms with Gasteiger partial charge in [0.25, 0.3) is 0 Å². The van der Waals surface area contributed by atoms with E-state index in [1.54, 1.807) is 7.11 Å². The molecular weight excluding hydrogens is 128 g/mol. The predicted molar refractivity (Wildman–Crippen MR) is 44.9 cm³/mol. The molecule has 0 saturated heterocycles. The van der Waals surface area contributed by atoms with Gasteiger partial charge in [0, 0.05) is 13.7 Å². The topological polar surface area (TPSA) is 61.3 Å². The van der Waals surface area contributed by atoms with Crippen molar-refractivity contribution in [1.29, 1.82) is 0 Å². The number of ether oxygens (including phenoxy) is 1. The lowest BCUT2D eigenvalue weighted by Gasteiger charge is -1.85. The number of rotatable bonds is 4. The Morgan fingerprint density at radius 1 is 1.20 bits per heavy atom. The second-order valence-electron chi connectivity index (χ2n) is 1.92. The minimum absolute atomic E-state index is 0.622. The smallest absolute Gasteiger partial charge is 0.0584 e. The molecule has 0 heterocycles. The predicted octanol–water partition coefficient (Wildman–Crippen LogP) is 0.337. The second kappa shape index (κ2) is 15.9. The minimum Gasteiger partial charge on any atom is -0.383 e. The molecule has 0 aromatic heterocycles. The van der Waals surface area contributed by atoms with Crippen LogP contribution in [0, 0.1) is 0 Å². The van der Waals surface area contributed by atoms with Crippen LogP contribution in [0.5, 0.6) is 0 Å². The van der Waals surface area contributed by atoms with Crippen molar-refractivity contribution >= 4 is 0 Å². The summed E-state index contributed by atoms with van der Waals surface area (Å²) in [5.41, 5.74) is 10.2. The van der Waals surface area contributed by atoms with E-state index in [2.05, 4.69) is 11.7 Å². The Hall–Kier alpha value is -0.120. The highest BCUT2D eigenvalue weighted by Gasteiger charge is 1.68. The molecule has 0 radical (unpaired) electrons. The summed E-state index contributed by atoms with van der Waals surface area (Å²) in [6.07, 6.45) is 2.39. The zero-order valence-electron chi connectivity index (χ0n) is 7.10. The maximum atomic E-state index is 5.14. The summed E-state index contributed by atoms with van der Waals surface area (Å²) in [7, 11) is 1.63. The molecule has 0 aromatic rings. The van der Waals surface area contributed by atoms with Gasteiger partial charge in [0.1, 0.15) is 0 Å². The lowest BCUT2D eigenvalue weighted by molar-refractivity contribution is 0.207. The van der Waals surface area contributed by atoms with Crippen molar-refractivity contribution in [3.05, 3.63) is 0 Å². The van der Waals surface area contributed by atoms with Gasteiger partial charge >= 0.3 is 0 Å². The molecule has 0 rings (SSSR count). The maximum Gasteiger partial charge on any atom is 0.0584 e. The quantitative estimate of drug-likeness (QED) is 0.604. The van der Waals surface area contributed by atoms with Gasteiger partial charge in [0.15, 0.2) is 0 Å². The van der Waals surface area contributed by atoms with Gasteiger partial charge in [-0.3, -0.25) is 0 Å². The summed E-state index contributed by atoms with van der Waals surface area (Å²) < 4.78 is 4.57. The fourth-order valence-electron chi connectivity index (χ4n) is 0.322. The Bertz CT molecular complexity index is 32.6. The molecule has 10 heavy (non-hydrogen) atoms. The second-order valence-corrected chi connectivity index (χ2v) is 1.92. The lowest BCUT2D eigenvalue weighted by Crippen LogP contribution is -2.05. The van der Waals surface area contributed by atoms with Crippen LogP contribution in [0.3, 0.4) is 0 Å². The molecule has 0 aliphatic carbocycles. The number of unbranched alkanes of at least 4 members (excludes halogenated alkanes) is 1. The first kappa shape index (κ1) is 12.5. The molecule has 3 nitrogen and oxygen atoms in total. The molecule has 4 N–H and O–H groups in total. The summed E-state index contributed by atoms with van der Waals surface area (Å²) in [4.78, 5) is 0.